The van der Waals surface area contributed by atoms with Crippen molar-refractivity contribution in [3.8, 4) is 17.0 Å². The first-order valence-corrected chi connectivity index (χ1v) is 12.1. The van der Waals surface area contributed by atoms with Crippen LogP contribution in [0.25, 0.3) is 11.3 Å². The van der Waals surface area contributed by atoms with E-state index in [1.807, 2.05) is 6.92 Å². The summed E-state index contributed by atoms with van der Waals surface area (Å²) < 4.78 is 7.67. The van der Waals surface area contributed by atoms with Gasteiger partial charge in [-0.2, -0.15) is 0 Å². The maximum atomic E-state index is 13.3. The highest BCUT2D eigenvalue weighted by Crippen LogP contribution is 2.41. The molecule has 0 radical (unpaired) electrons. The number of nitrogens with one attached hydrogen (secondary N) is 1. The lowest BCUT2D eigenvalue weighted by atomic mass is 10.0. The zero-order valence-corrected chi connectivity index (χ0v) is 21.0. The number of carbonyl (C=O) groups is 2. The lowest BCUT2D eigenvalue weighted by molar-refractivity contribution is -0.763. The quantitative estimate of drug-likeness (QED) is 0.228. The van der Waals surface area contributed by atoms with Gasteiger partial charge in [-0.3, -0.25) is 19.4 Å². The molecule has 1 aliphatic rings. The number of halogens is 2. The van der Waals surface area contributed by atoms with E-state index >= 15 is 0 Å². The van der Waals surface area contributed by atoms with E-state index in [0.29, 0.717) is 32.7 Å². The van der Waals surface area contributed by atoms with Crippen molar-refractivity contribution in [2.24, 2.45) is 0 Å². The highest BCUT2D eigenvalue weighted by molar-refractivity contribution is 9.10. The fourth-order valence-corrected chi connectivity index (χ4v) is 4.91. The zero-order valence-electron chi connectivity index (χ0n) is 17.9. The maximum Gasteiger partial charge on any atom is 0.325 e. The van der Waals surface area contributed by atoms with E-state index < -0.39 is 12.1 Å². The van der Waals surface area contributed by atoms with Crippen LogP contribution >= 0.6 is 39.3 Å². The van der Waals surface area contributed by atoms with E-state index in [0.717, 1.165) is 4.47 Å². The number of benzene rings is 2. The Kier molecular flexibility index (Phi) is 6.60. The van der Waals surface area contributed by atoms with Crippen LogP contribution in [0.4, 0.5) is 5.69 Å². The van der Waals surface area contributed by atoms with E-state index in [1.165, 1.54) is 35.2 Å². The molecule has 1 N–H and O–H groups in total. The van der Waals surface area contributed by atoms with Crippen LogP contribution in [0.5, 0.6) is 5.75 Å². The Hall–Kier alpha value is -2.69. The Morgan fingerprint density at radius 2 is 2.03 bits per heavy atom. The molecule has 0 saturated carbocycles. The van der Waals surface area contributed by atoms with Crippen LogP contribution in [0.15, 0.2) is 50.8 Å². The standard InChI is InChI=1S/C22H18BrClN4O4S/c1-4-33-22-25-20(31)19-15-9-13(23)5-7-17(15)27(11(2)29)21(28(19)26-22)16-10-14(24)6-8-18(16)32-12(3)30/h5-10,21H,4H2,1-3H3/p+1/t21-/m1/s1. The topological polar surface area (TPSA) is 96.2 Å². The van der Waals surface area contributed by atoms with Gasteiger partial charge in [-0.25, -0.2) is 4.90 Å². The first-order valence-electron chi connectivity index (χ1n) is 9.97. The van der Waals surface area contributed by atoms with Gasteiger partial charge in [0.2, 0.25) is 11.1 Å². The monoisotopic (exact) mass is 549 g/mol. The number of hydrogen-bond donors (Lipinski definition) is 1. The minimum atomic E-state index is -0.919. The molecule has 1 amide bonds. The fraction of sp³-hybridized carbons (Fsp3) is 0.227. The molecule has 0 bridgehead atoms. The number of ether oxygens (including phenoxy) is 1. The average Bonchev–Trinajstić information content (AvgIpc) is 2.73. The van der Waals surface area contributed by atoms with Crippen molar-refractivity contribution in [1.82, 2.24) is 10.1 Å². The predicted octanol–water partition coefficient (Wildman–Crippen LogP) is 4.09. The number of rotatable bonds is 4. The lowest BCUT2D eigenvalue weighted by Gasteiger charge is -2.32. The van der Waals surface area contributed by atoms with Gasteiger partial charge in [-0.15, -0.1) is 0 Å². The van der Waals surface area contributed by atoms with Gasteiger partial charge in [0.15, 0.2) is 0 Å². The minimum Gasteiger partial charge on any atom is -0.426 e. The molecular formula is C22H19BrClN4O4S+. The third-order valence-corrected chi connectivity index (χ3v) is 6.41. The van der Waals surface area contributed by atoms with Crippen molar-refractivity contribution in [3.05, 3.63) is 61.8 Å². The molecule has 1 atom stereocenters. The van der Waals surface area contributed by atoms with Crippen LogP contribution in [-0.4, -0.2) is 27.7 Å². The van der Waals surface area contributed by atoms with Crippen molar-refractivity contribution < 1.29 is 19.0 Å². The van der Waals surface area contributed by atoms with Crippen LogP contribution < -0.4 is 19.9 Å². The Morgan fingerprint density at radius 1 is 1.27 bits per heavy atom. The number of esters is 1. The Morgan fingerprint density at radius 3 is 2.70 bits per heavy atom. The third-order valence-electron chi connectivity index (χ3n) is 4.94. The van der Waals surface area contributed by atoms with Gasteiger partial charge in [0.1, 0.15) is 5.75 Å². The van der Waals surface area contributed by atoms with E-state index in [2.05, 4.69) is 26.0 Å². The Balaban J connectivity index is 2.11. The SMILES string of the molecule is CCSc1n[n+]2c(c(=O)[nH]1)-c1cc(Br)ccc1N(C(C)=O)[C@H]2c1cc(Cl)ccc1OC(C)=O. The van der Waals surface area contributed by atoms with Crippen molar-refractivity contribution in [2.45, 2.75) is 32.1 Å². The predicted molar refractivity (Wildman–Crippen MR) is 129 cm³/mol. The van der Waals surface area contributed by atoms with Gasteiger partial charge >= 0.3 is 17.2 Å². The molecule has 4 rings (SSSR count). The molecule has 8 nitrogen and oxygen atoms in total. The van der Waals surface area contributed by atoms with Gasteiger partial charge in [-0.05, 0) is 46.8 Å². The maximum absolute atomic E-state index is 13.3. The lowest BCUT2D eigenvalue weighted by Crippen LogP contribution is -2.60. The molecule has 0 aliphatic carbocycles. The molecule has 2 heterocycles. The molecule has 3 aromatic rings. The molecule has 0 fully saturated rings. The van der Waals surface area contributed by atoms with Crippen LogP contribution in [0, 0.1) is 0 Å². The third kappa shape index (κ3) is 4.42. The molecule has 1 aromatic heterocycles. The summed E-state index contributed by atoms with van der Waals surface area (Å²) in [6.07, 6.45) is -0.919. The van der Waals surface area contributed by atoms with Crippen LogP contribution in [0.1, 0.15) is 32.5 Å². The summed E-state index contributed by atoms with van der Waals surface area (Å²) in [7, 11) is 0. The first-order chi connectivity index (χ1) is 15.7. The molecule has 11 heteroatoms. The van der Waals surface area contributed by atoms with Crippen molar-refractivity contribution in [2.75, 3.05) is 10.7 Å². The summed E-state index contributed by atoms with van der Waals surface area (Å²) in [5.74, 6) is 0.0806. The highest BCUT2D eigenvalue weighted by atomic mass is 79.9. The largest absolute Gasteiger partial charge is 0.426 e. The summed E-state index contributed by atoms with van der Waals surface area (Å²) in [5.41, 5.74) is 1.38. The van der Waals surface area contributed by atoms with Crippen molar-refractivity contribution in [3.63, 3.8) is 0 Å². The van der Waals surface area contributed by atoms with Crippen LogP contribution in [-0.2, 0) is 9.59 Å². The molecule has 0 saturated heterocycles. The molecular weight excluding hydrogens is 532 g/mol. The number of carbonyl (C=O) groups excluding carboxylic acids is 2. The summed E-state index contributed by atoms with van der Waals surface area (Å²) in [5, 5.41) is 5.44. The summed E-state index contributed by atoms with van der Waals surface area (Å²) in [4.78, 5) is 42.4. The second-order valence-corrected chi connectivity index (χ2v) is 9.79. The molecule has 2 aromatic carbocycles. The molecule has 0 unspecified atom stereocenters. The number of nitrogens with zero attached hydrogens (tertiary/aromatic N) is 3. The number of anilines is 1. The van der Waals surface area contributed by atoms with Crippen LogP contribution in [0.3, 0.4) is 0 Å². The van der Waals surface area contributed by atoms with E-state index in [9.17, 15) is 14.4 Å². The number of thioether (sulfide) groups is 1. The number of hydrogen-bond acceptors (Lipinski definition) is 6. The van der Waals surface area contributed by atoms with E-state index in [-0.39, 0.29) is 22.9 Å². The summed E-state index contributed by atoms with van der Waals surface area (Å²) >= 11 is 11.1. The van der Waals surface area contributed by atoms with Gasteiger partial charge in [0, 0.05) is 28.4 Å². The van der Waals surface area contributed by atoms with Crippen molar-refractivity contribution >= 4 is 56.9 Å². The summed E-state index contributed by atoms with van der Waals surface area (Å²) in [6.45, 7) is 4.65. The molecule has 0 spiro atoms. The Labute approximate surface area is 207 Å². The number of amides is 1. The highest BCUT2D eigenvalue weighted by Gasteiger charge is 2.46. The summed E-state index contributed by atoms with van der Waals surface area (Å²) in [6, 6.07) is 10.1. The first kappa shape index (κ1) is 23.5. The number of aromatic nitrogens is 3. The van der Waals surface area contributed by atoms with E-state index in [1.54, 1.807) is 36.4 Å². The smallest absolute Gasteiger partial charge is 0.325 e. The Bertz CT molecular complexity index is 1350. The zero-order chi connectivity index (χ0) is 23.9. The second-order valence-electron chi connectivity index (χ2n) is 7.19. The fourth-order valence-electron chi connectivity index (χ4n) is 3.79. The number of H-pyrrole nitrogens is 1. The van der Waals surface area contributed by atoms with Gasteiger partial charge in [-0.1, -0.05) is 46.2 Å². The second kappa shape index (κ2) is 9.28. The number of fused-ring (bicyclic) bond motifs is 3. The normalized spacial score (nSPS) is 14.5. The molecule has 1 aliphatic heterocycles. The van der Waals surface area contributed by atoms with Gasteiger partial charge < -0.3 is 4.74 Å². The van der Waals surface area contributed by atoms with Gasteiger partial charge in [0.25, 0.3) is 6.17 Å². The number of aromatic amines is 1. The average molecular weight is 551 g/mol. The van der Waals surface area contributed by atoms with Crippen LogP contribution in [0.2, 0.25) is 5.02 Å². The molecule has 33 heavy (non-hydrogen) atoms. The van der Waals surface area contributed by atoms with Crippen molar-refractivity contribution in [1.29, 1.82) is 0 Å². The van der Waals surface area contributed by atoms with Gasteiger partial charge in [0.05, 0.1) is 16.8 Å². The molecule has 170 valence electrons. The van der Waals surface area contributed by atoms with E-state index in [4.69, 9.17) is 16.3 Å². The minimum absolute atomic E-state index is 0.217.